The summed E-state index contributed by atoms with van der Waals surface area (Å²) in [5.41, 5.74) is 0. The minimum Gasteiger partial charge on any atom is -0.492 e. The Hall–Kier alpha value is -1.18. The molecule has 1 fully saturated rings. The molecule has 23 heavy (non-hydrogen) atoms. The van der Waals surface area contributed by atoms with Gasteiger partial charge < -0.3 is 9.47 Å². The molecule has 0 aliphatic carbocycles. The molecule has 0 bridgehead atoms. The van der Waals surface area contributed by atoms with E-state index in [0.29, 0.717) is 18.7 Å². The lowest BCUT2D eigenvalue weighted by Crippen LogP contribution is -2.34. The minimum atomic E-state index is -3.36. The van der Waals surface area contributed by atoms with Gasteiger partial charge in [-0.2, -0.15) is 0 Å². The fraction of sp³-hybridized carbons (Fsp3) is 0.625. The quantitative estimate of drug-likeness (QED) is 0.726. The SMILES string of the molecule is CN(CCC1CCCCO1)S(=O)(=O)CCOc1ccc(F)cc1. The van der Waals surface area contributed by atoms with Crippen molar-refractivity contribution >= 4 is 10.0 Å². The van der Waals surface area contributed by atoms with Gasteiger partial charge in [-0.1, -0.05) is 0 Å². The second-order valence-corrected chi connectivity index (χ2v) is 7.91. The Morgan fingerprint density at radius 2 is 2.04 bits per heavy atom. The molecule has 1 aromatic carbocycles. The van der Waals surface area contributed by atoms with Gasteiger partial charge in [0.2, 0.25) is 10.0 Å². The first-order chi connectivity index (χ1) is 11.0. The molecule has 0 aromatic heterocycles. The third-order valence-corrected chi connectivity index (χ3v) is 5.75. The molecule has 0 spiro atoms. The van der Waals surface area contributed by atoms with Crippen molar-refractivity contribution in [3.8, 4) is 5.75 Å². The highest BCUT2D eigenvalue weighted by Crippen LogP contribution is 2.16. The third-order valence-electron chi connectivity index (χ3n) is 3.94. The van der Waals surface area contributed by atoms with Crippen LogP contribution in [-0.2, 0) is 14.8 Å². The highest BCUT2D eigenvalue weighted by atomic mass is 32.2. The molecule has 1 aliphatic heterocycles. The van der Waals surface area contributed by atoms with Gasteiger partial charge >= 0.3 is 0 Å². The van der Waals surface area contributed by atoms with Crippen molar-refractivity contribution in [2.75, 3.05) is 32.6 Å². The molecule has 5 nitrogen and oxygen atoms in total. The predicted octanol–water partition coefficient (Wildman–Crippen LogP) is 2.43. The highest BCUT2D eigenvalue weighted by Gasteiger charge is 2.20. The van der Waals surface area contributed by atoms with Gasteiger partial charge in [-0.05, 0) is 49.9 Å². The Kier molecular flexibility index (Phi) is 6.80. The van der Waals surface area contributed by atoms with Gasteiger partial charge in [0.25, 0.3) is 0 Å². The maximum Gasteiger partial charge on any atom is 0.217 e. The molecule has 0 saturated carbocycles. The summed E-state index contributed by atoms with van der Waals surface area (Å²) in [5.74, 6) is 0.00125. The van der Waals surface area contributed by atoms with Crippen molar-refractivity contribution in [3.63, 3.8) is 0 Å². The van der Waals surface area contributed by atoms with Crippen LogP contribution in [0.5, 0.6) is 5.75 Å². The largest absolute Gasteiger partial charge is 0.492 e. The first-order valence-corrected chi connectivity index (χ1v) is 9.52. The molecule has 1 saturated heterocycles. The van der Waals surface area contributed by atoms with E-state index in [-0.39, 0.29) is 24.3 Å². The van der Waals surface area contributed by atoms with Gasteiger partial charge in [-0.3, -0.25) is 0 Å². The van der Waals surface area contributed by atoms with Crippen LogP contribution in [0.3, 0.4) is 0 Å². The average molecular weight is 345 g/mol. The lowest BCUT2D eigenvalue weighted by atomic mass is 10.1. The molecule has 2 rings (SSSR count). The monoisotopic (exact) mass is 345 g/mol. The molecule has 0 amide bonds. The predicted molar refractivity (Wildman–Crippen MR) is 86.5 cm³/mol. The molecular formula is C16H24FNO4S. The molecule has 1 atom stereocenters. The number of halogens is 1. The minimum absolute atomic E-state index is 0.0399. The zero-order valence-corrected chi connectivity index (χ0v) is 14.2. The average Bonchev–Trinajstić information content (AvgIpc) is 2.55. The smallest absolute Gasteiger partial charge is 0.217 e. The highest BCUT2D eigenvalue weighted by molar-refractivity contribution is 7.89. The van der Waals surface area contributed by atoms with E-state index in [4.69, 9.17) is 9.47 Å². The molecule has 1 aliphatic rings. The Morgan fingerprint density at radius 3 is 2.70 bits per heavy atom. The fourth-order valence-electron chi connectivity index (χ4n) is 2.45. The number of ether oxygens (including phenoxy) is 2. The van der Waals surface area contributed by atoms with Gasteiger partial charge in [-0.25, -0.2) is 17.1 Å². The Balaban J connectivity index is 1.72. The number of hydrogen-bond donors (Lipinski definition) is 0. The molecule has 1 aromatic rings. The third kappa shape index (κ3) is 6.08. The van der Waals surface area contributed by atoms with Gasteiger partial charge in [0, 0.05) is 20.2 Å². The molecule has 1 heterocycles. The van der Waals surface area contributed by atoms with Crippen LogP contribution in [0.1, 0.15) is 25.7 Å². The van der Waals surface area contributed by atoms with Crippen molar-refractivity contribution < 1.29 is 22.3 Å². The zero-order chi connectivity index (χ0) is 16.7. The molecular weight excluding hydrogens is 321 g/mol. The lowest BCUT2D eigenvalue weighted by molar-refractivity contribution is 0.00950. The van der Waals surface area contributed by atoms with Crippen LogP contribution in [0.4, 0.5) is 4.39 Å². The Labute approximate surface area is 137 Å². The normalized spacial score (nSPS) is 19.0. The maximum atomic E-state index is 12.8. The van der Waals surface area contributed by atoms with Crippen LogP contribution in [0.25, 0.3) is 0 Å². The fourth-order valence-corrected chi connectivity index (χ4v) is 3.44. The van der Waals surface area contributed by atoms with Gasteiger partial charge in [0.1, 0.15) is 18.2 Å². The van der Waals surface area contributed by atoms with Crippen LogP contribution in [-0.4, -0.2) is 51.4 Å². The van der Waals surface area contributed by atoms with Crippen LogP contribution < -0.4 is 4.74 Å². The second kappa shape index (κ2) is 8.61. The van der Waals surface area contributed by atoms with Crippen LogP contribution in [0.15, 0.2) is 24.3 Å². The van der Waals surface area contributed by atoms with Crippen molar-refractivity contribution in [1.29, 1.82) is 0 Å². The van der Waals surface area contributed by atoms with E-state index in [1.54, 1.807) is 7.05 Å². The van der Waals surface area contributed by atoms with E-state index < -0.39 is 10.0 Å². The first kappa shape index (κ1) is 18.2. The molecule has 1 unspecified atom stereocenters. The van der Waals surface area contributed by atoms with Gasteiger partial charge in [0.05, 0.1) is 11.9 Å². The van der Waals surface area contributed by atoms with E-state index in [1.165, 1.54) is 28.6 Å². The summed E-state index contributed by atoms with van der Waals surface area (Å²) in [4.78, 5) is 0. The van der Waals surface area contributed by atoms with Crippen LogP contribution in [0.2, 0.25) is 0 Å². The summed E-state index contributed by atoms with van der Waals surface area (Å²) in [7, 11) is -1.78. The maximum absolute atomic E-state index is 12.8. The summed E-state index contributed by atoms with van der Waals surface area (Å²) in [6.45, 7) is 1.26. The van der Waals surface area contributed by atoms with Crippen molar-refractivity contribution in [3.05, 3.63) is 30.1 Å². The molecule has 130 valence electrons. The van der Waals surface area contributed by atoms with Gasteiger partial charge in [-0.15, -0.1) is 0 Å². The van der Waals surface area contributed by atoms with E-state index >= 15 is 0 Å². The van der Waals surface area contributed by atoms with Crippen molar-refractivity contribution in [2.24, 2.45) is 0 Å². The Bertz CT molecular complexity index is 570. The number of sulfonamides is 1. The zero-order valence-electron chi connectivity index (χ0n) is 13.4. The van der Waals surface area contributed by atoms with E-state index in [9.17, 15) is 12.8 Å². The van der Waals surface area contributed by atoms with Crippen molar-refractivity contribution in [2.45, 2.75) is 31.8 Å². The first-order valence-electron chi connectivity index (χ1n) is 7.91. The molecule has 0 N–H and O–H groups in total. The topological polar surface area (TPSA) is 55.8 Å². The molecule has 7 heteroatoms. The van der Waals surface area contributed by atoms with Crippen LogP contribution >= 0.6 is 0 Å². The number of rotatable bonds is 8. The van der Waals surface area contributed by atoms with Crippen molar-refractivity contribution in [1.82, 2.24) is 4.31 Å². The van der Waals surface area contributed by atoms with Crippen LogP contribution in [0, 0.1) is 5.82 Å². The summed E-state index contributed by atoms with van der Waals surface area (Å²) >= 11 is 0. The van der Waals surface area contributed by atoms with E-state index in [1.807, 2.05) is 0 Å². The number of nitrogens with zero attached hydrogens (tertiary/aromatic N) is 1. The summed E-state index contributed by atoms with van der Waals surface area (Å²) in [6, 6.07) is 5.51. The summed E-state index contributed by atoms with van der Waals surface area (Å²) < 4.78 is 49.5. The van der Waals surface area contributed by atoms with E-state index in [0.717, 1.165) is 25.9 Å². The number of hydrogen-bond acceptors (Lipinski definition) is 4. The summed E-state index contributed by atoms with van der Waals surface area (Å²) in [6.07, 6.45) is 4.12. The molecule has 0 radical (unpaired) electrons. The number of benzene rings is 1. The summed E-state index contributed by atoms with van der Waals surface area (Å²) in [5, 5.41) is 0. The Morgan fingerprint density at radius 1 is 1.30 bits per heavy atom. The standard InChI is InChI=1S/C16H24FNO4S/c1-18(10-9-15-4-2-3-11-21-15)23(19,20)13-12-22-16-7-5-14(17)6-8-16/h5-8,15H,2-4,9-13H2,1H3. The van der Waals surface area contributed by atoms with Gasteiger partial charge in [0.15, 0.2) is 0 Å². The second-order valence-electron chi connectivity index (χ2n) is 5.72. The lowest BCUT2D eigenvalue weighted by Gasteiger charge is -2.25. The van der Waals surface area contributed by atoms with E-state index in [2.05, 4.69) is 0 Å².